The maximum atomic E-state index is 15.4. The summed E-state index contributed by atoms with van der Waals surface area (Å²) in [7, 11) is 2.21. The zero-order valence-corrected chi connectivity index (χ0v) is 35.0. The summed E-state index contributed by atoms with van der Waals surface area (Å²) in [5.41, 5.74) is 2.64. The Morgan fingerprint density at radius 2 is 1.73 bits per heavy atom. The van der Waals surface area contributed by atoms with Crippen molar-refractivity contribution < 1.29 is 61.5 Å². The molecule has 3 amide bonds. The second-order valence-corrected chi connectivity index (χ2v) is 15.1. The van der Waals surface area contributed by atoms with Gasteiger partial charge >= 0.3 is 12.1 Å². The number of carbonyl (C=O) groups is 3. The number of piperidine rings is 1. The number of aryl methyl sites for hydroxylation is 1. The molecule has 7 rings (SSSR count). The van der Waals surface area contributed by atoms with E-state index in [9.17, 15) is 19.5 Å². The van der Waals surface area contributed by atoms with E-state index < -0.39 is 17.7 Å². The van der Waals surface area contributed by atoms with Gasteiger partial charge in [0, 0.05) is 92.5 Å². The Bertz CT molecular complexity index is 2290. The molecule has 18 heteroatoms. The van der Waals surface area contributed by atoms with E-state index >= 15 is 8.78 Å². The van der Waals surface area contributed by atoms with Crippen molar-refractivity contribution in [1.82, 2.24) is 39.9 Å². The van der Waals surface area contributed by atoms with Gasteiger partial charge in [-0.1, -0.05) is 6.92 Å². The van der Waals surface area contributed by atoms with Gasteiger partial charge in [0.1, 0.15) is 0 Å². The first-order chi connectivity index (χ1) is 28.0. The fourth-order valence-electron chi connectivity index (χ4n) is 7.93. The molecule has 312 valence electrons. The lowest BCUT2D eigenvalue weighted by Crippen LogP contribution is -3.00. The van der Waals surface area contributed by atoms with Crippen molar-refractivity contribution in [3.8, 4) is 23.0 Å². The third kappa shape index (κ3) is 10.0. The first-order valence-corrected chi connectivity index (χ1v) is 19.5. The fourth-order valence-corrected chi connectivity index (χ4v) is 7.93. The summed E-state index contributed by atoms with van der Waals surface area (Å²) in [6.07, 6.45) is 10.2. The van der Waals surface area contributed by atoms with Crippen LogP contribution in [0.3, 0.4) is 0 Å². The predicted molar refractivity (Wildman–Crippen MR) is 211 cm³/mol. The highest BCUT2D eigenvalue weighted by atomic mass is 127. The molecule has 5 heterocycles. The largest absolute Gasteiger partial charge is 1.00 e. The minimum Gasteiger partial charge on any atom is -1.00 e. The number of aromatic nitrogens is 5. The molecule has 2 saturated heterocycles. The molecular formula is C41H47F2IN10O5. The number of fused-ring (bicyclic) bond motifs is 1. The highest BCUT2D eigenvalue weighted by Crippen LogP contribution is 2.33. The van der Waals surface area contributed by atoms with Crippen LogP contribution in [-0.4, -0.2) is 110 Å². The summed E-state index contributed by atoms with van der Waals surface area (Å²) in [5, 5.41) is 18.5. The second kappa shape index (κ2) is 19.0. The maximum Gasteiger partial charge on any atom is 0.407 e. The Morgan fingerprint density at radius 1 is 0.966 bits per heavy atom. The quantitative estimate of drug-likeness (QED) is 0.0737. The van der Waals surface area contributed by atoms with E-state index in [-0.39, 0.29) is 59.0 Å². The van der Waals surface area contributed by atoms with Crippen molar-refractivity contribution in [2.75, 3.05) is 58.2 Å². The first kappa shape index (κ1) is 43.1. The number of hydrogen-bond donors (Lipinski definition) is 4. The highest BCUT2D eigenvalue weighted by Gasteiger charge is 2.37. The van der Waals surface area contributed by atoms with E-state index in [0.29, 0.717) is 73.3 Å². The number of imidazole rings is 1. The van der Waals surface area contributed by atoms with E-state index in [0.717, 1.165) is 48.9 Å². The zero-order chi connectivity index (χ0) is 40.8. The molecule has 0 spiro atoms. The summed E-state index contributed by atoms with van der Waals surface area (Å²) in [5.74, 6) is -2.15. The molecule has 2 aliphatic heterocycles. The standard InChI is InChI=1S/C41H46F2N10O5.HI/c1-3-27-22-29(50-36-37-49-23-32(52(37)19-17-44-36)31-8-9-33(35(43)34(31)42)58-40-47-15-5-16-48-40)6-7-30(27)39(55)46-14-4-13-45-38(54)28-11-20-53(2,21-12-28)25-26-10-18-51(24-26)41(56)57;/h5-9,15-17,19,22-23,26,28H,3-4,10-14,18,20-21,24-25H2,1-2H3,(H3-,44,45,46,50,54,55,56,57);1H. The van der Waals surface area contributed by atoms with Gasteiger partial charge < -0.3 is 59.2 Å². The van der Waals surface area contributed by atoms with E-state index in [1.807, 2.05) is 13.0 Å². The molecule has 1 atom stereocenters. The van der Waals surface area contributed by atoms with Crippen molar-refractivity contribution in [3.05, 3.63) is 90.1 Å². The fraction of sp³-hybridized carbons (Fsp3) is 0.390. The second-order valence-electron chi connectivity index (χ2n) is 15.1. The molecule has 0 saturated carbocycles. The molecule has 3 aromatic heterocycles. The SMILES string of the molecule is CCc1cc(Nc2nccn3c(-c4ccc(Oc5ncccn5)c(F)c4F)cnc23)ccc1C(=O)NCCCNC(=O)C1CC[N+](C)(CC2CCN(C(=O)O)C2)CC1.[I-]. The van der Waals surface area contributed by atoms with Crippen LogP contribution in [0, 0.1) is 23.5 Å². The van der Waals surface area contributed by atoms with E-state index in [2.05, 4.69) is 42.9 Å². The molecule has 0 bridgehead atoms. The third-order valence-electron chi connectivity index (χ3n) is 11.1. The van der Waals surface area contributed by atoms with Gasteiger partial charge in [0.15, 0.2) is 23.0 Å². The number of rotatable bonds is 14. The number of nitrogens with zero attached hydrogens (tertiary/aromatic N) is 7. The smallest absolute Gasteiger partial charge is 0.407 e. The van der Waals surface area contributed by atoms with Crippen LogP contribution in [-0.2, 0) is 11.2 Å². The Labute approximate surface area is 357 Å². The van der Waals surface area contributed by atoms with Gasteiger partial charge in [-0.2, -0.15) is 4.39 Å². The molecule has 5 aromatic rings. The summed E-state index contributed by atoms with van der Waals surface area (Å²) in [6, 6.07) is 9.52. The zero-order valence-electron chi connectivity index (χ0n) is 32.8. The van der Waals surface area contributed by atoms with Crippen molar-refractivity contribution in [3.63, 3.8) is 0 Å². The van der Waals surface area contributed by atoms with E-state index in [1.54, 1.807) is 28.8 Å². The molecule has 4 N–H and O–H groups in total. The van der Waals surface area contributed by atoms with Gasteiger partial charge in [0.2, 0.25) is 11.7 Å². The number of quaternary nitrogens is 1. The monoisotopic (exact) mass is 924 g/mol. The lowest BCUT2D eigenvalue weighted by Gasteiger charge is -2.41. The lowest BCUT2D eigenvalue weighted by atomic mass is 9.93. The number of carboxylic acid groups (broad SMARTS) is 1. The molecule has 59 heavy (non-hydrogen) atoms. The predicted octanol–water partition coefficient (Wildman–Crippen LogP) is 2.66. The Balaban J connectivity index is 0.00000585. The number of carbonyl (C=O) groups excluding carboxylic acids is 2. The van der Waals surface area contributed by atoms with Crippen molar-refractivity contribution in [2.45, 2.75) is 39.0 Å². The molecule has 15 nitrogen and oxygen atoms in total. The van der Waals surface area contributed by atoms with Gasteiger partial charge in [0.25, 0.3) is 5.91 Å². The van der Waals surface area contributed by atoms with Gasteiger partial charge in [-0.3, -0.25) is 14.0 Å². The van der Waals surface area contributed by atoms with Gasteiger partial charge in [-0.05, 0) is 61.2 Å². The number of likely N-dealkylation sites (tertiary alicyclic amines) is 2. The number of hydrogen-bond acceptors (Lipinski definition) is 9. The van der Waals surface area contributed by atoms with Crippen molar-refractivity contribution in [1.29, 1.82) is 0 Å². The minimum absolute atomic E-state index is 0. The average Bonchev–Trinajstić information content (AvgIpc) is 3.88. The number of amides is 3. The number of anilines is 2. The van der Waals surface area contributed by atoms with Gasteiger partial charge in [0.05, 0.1) is 38.6 Å². The van der Waals surface area contributed by atoms with Crippen molar-refractivity contribution in [2.24, 2.45) is 11.8 Å². The first-order valence-electron chi connectivity index (χ1n) is 19.5. The minimum atomic E-state index is -1.19. The topological polar surface area (TPSA) is 176 Å². The molecule has 2 aliphatic rings. The summed E-state index contributed by atoms with van der Waals surface area (Å²) >= 11 is 0. The number of halogens is 3. The number of benzene rings is 2. The van der Waals surface area contributed by atoms with Crippen LogP contribution in [0.25, 0.3) is 16.9 Å². The Morgan fingerprint density at radius 3 is 2.46 bits per heavy atom. The molecular weight excluding hydrogens is 877 g/mol. The Hall–Kier alpha value is -5.50. The molecule has 1 unspecified atom stereocenters. The van der Waals surface area contributed by atoms with Crippen LogP contribution in [0.4, 0.5) is 25.1 Å². The van der Waals surface area contributed by atoms with Crippen LogP contribution in [0.1, 0.15) is 48.5 Å². The summed E-state index contributed by atoms with van der Waals surface area (Å²) in [4.78, 5) is 55.6. The number of ether oxygens (including phenoxy) is 1. The third-order valence-corrected chi connectivity index (χ3v) is 11.1. The van der Waals surface area contributed by atoms with Gasteiger partial charge in [-0.25, -0.2) is 29.1 Å². The van der Waals surface area contributed by atoms with Crippen LogP contribution in [0.15, 0.2) is 67.4 Å². The van der Waals surface area contributed by atoms with Crippen LogP contribution >= 0.6 is 0 Å². The lowest BCUT2D eigenvalue weighted by molar-refractivity contribution is -0.917. The van der Waals surface area contributed by atoms with Crippen LogP contribution in [0.5, 0.6) is 11.8 Å². The summed E-state index contributed by atoms with van der Waals surface area (Å²) in [6.45, 7) is 6.72. The average molecular weight is 925 g/mol. The van der Waals surface area contributed by atoms with Crippen LogP contribution < -0.4 is 44.7 Å². The van der Waals surface area contributed by atoms with E-state index in [1.165, 1.54) is 41.8 Å². The highest BCUT2D eigenvalue weighted by molar-refractivity contribution is 5.96. The van der Waals surface area contributed by atoms with Gasteiger partial charge in [-0.15, -0.1) is 0 Å². The molecule has 2 aromatic carbocycles. The van der Waals surface area contributed by atoms with E-state index in [4.69, 9.17) is 4.74 Å². The number of nitrogens with one attached hydrogen (secondary N) is 3. The molecule has 0 radical (unpaired) electrons. The normalized spacial score (nSPS) is 18.9. The van der Waals surface area contributed by atoms with Crippen LogP contribution in [0.2, 0.25) is 0 Å². The molecule has 0 aliphatic carbocycles. The van der Waals surface area contributed by atoms with Crippen molar-refractivity contribution >= 4 is 35.1 Å². The molecule has 2 fully saturated rings. The summed E-state index contributed by atoms with van der Waals surface area (Å²) < 4.78 is 38.3. The maximum absolute atomic E-state index is 15.4. The Kier molecular flexibility index (Phi) is 13.9.